The highest BCUT2D eigenvalue weighted by molar-refractivity contribution is 6.08. The van der Waals surface area contributed by atoms with E-state index < -0.39 is 23.1 Å². The second-order valence-corrected chi connectivity index (χ2v) is 6.36. The fourth-order valence-corrected chi connectivity index (χ4v) is 3.07. The minimum absolute atomic E-state index is 0.118. The van der Waals surface area contributed by atoms with Crippen LogP contribution in [0.3, 0.4) is 0 Å². The Balaban J connectivity index is 1.92. The van der Waals surface area contributed by atoms with Gasteiger partial charge in [-0.25, -0.2) is 0 Å². The van der Waals surface area contributed by atoms with E-state index in [1.54, 1.807) is 24.3 Å². The van der Waals surface area contributed by atoms with E-state index >= 15 is 0 Å². The van der Waals surface area contributed by atoms with E-state index in [0.29, 0.717) is 0 Å². The first kappa shape index (κ1) is 17.2. The molecule has 0 spiro atoms. The third-order valence-corrected chi connectivity index (χ3v) is 4.53. The zero-order valence-electron chi connectivity index (χ0n) is 13.5. The number of alkyl halides is 3. The van der Waals surface area contributed by atoms with Crippen molar-refractivity contribution in [3.8, 4) is 0 Å². The SMILES string of the molecule is C[C@]1(c2cccc(C(F)(F)F)c2)CC(=O)N(Cc2ccccc2)C1=O. The van der Waals surface area contributed by atoms with E-state index in [1.807, 2.05) is 6.07 Å². The first-order valence-electron chi connectivity index (χ1n) is 7.78. The third kappa shape index (κ3) is 3.16. The lowest BCUT2D eigenvalue weighted by Gasteiger charge is -2.23. The van der Waals surface area contributed by atoms with Crippen molar-refractivity contribution in [3.05, 3.63) is 71.3 Å². The first-order chi connectivity index (χ1) is 11.7. The van der Waals surface area contributed by atoms with Gasteiger partial charge in [0.25, 0.3) is 0 Å². The highest BCUT2D eigenvalue weighted by Gasteiger charge is 2.49. The minimum Gasteiger partial charge on any atom is -0.277 e. The summed E-state index contributed by atoms with van der Waals surface area (Å²) in [6.07, 6.45) is -4.64. The van der Waals surface area contributed by atoms with Crippen molar-refractivity contribution in [2.24, 2.45) is 0 Å². The Morgan fingerprint density at radius 3 is 2.36 bits per heavy atom. The van der Waals surface area contributed by atoms with Gasteiger partial charge in [0, 0.05) is 6.42 Å². The van der Waals surface area contributed by atoms with Crippen LogP contribution < -0.4 is 0 Å². The van der Waals surface area contributed by atoms with Crippen molar-refractivity contribution >= 4 is 11.8 Å². The number of carbonyl (C=O) groups is 2. The normalized spacial score (nSPS) is 21.0. The average Bonchev–Trinajstić information content (AvgIpc) is 2.80. The number of rotatable bonds is 3. The topological polar surface area (TPSA) is 37.4 Å². The maximum Gasteiger partial charge on any atom is 0.416 e. The Kier molecular flexibility index (Phi) is 4.14. The highest BCUT2D eigenvalue weighted by Crippen LogP contribution is 2.39. The zero-order chi connectivity index (χ0) is 18.2. The zero-order valence-corrected chi connectivity index (χ0v) is 13.5. The quantitative estimate of drug-likeness (QED) is 0.789. The molecule has 1 fully saturated rings. The number of benzene rings is 2. The lowest BCUT2D eigenvalue weighted by atomic mass is 9.80. The molecule has 0 saturated carbocycles. The summed E-state index contributed by atoms with van der Waals surface area (Å²) >= 11 is 0. The number of carbonyl (C=O) groups excluding carboxylic acids is 2. The van der Waals surface area contributed by atoms with Crippen LogP contribution in [0.15, 0.2) is 54.6 Å². The van der Waals surface area contributed by atoms with Gasteiger partial charge in [-0.3, -0.25) is 14.5 Å². The standard InChI is InChI=1S/C19H16F3NO2/c1-18(14-8-5-9-15(10-14)19(20,21)22)11-16(24)23(17(18)25)12-13-6-3-2-4-7-13/h2-10H,11-12H2,1H3/t18-/m1/s1. The molecule has 25 heavy (non-hydrogen) atoms. The number of hydrogen-bond donors (Lipinski definition) is 0. The fourth-order valence-electron chi connectivity index (χ4n) is 3.07. The van der Waals surface area contributed by atoms with Gasteiger partial charge in [-0.05, 0) is 24.1 Å². The molecule has 2 amide bonds. The third-order valence-electron chi connectivity index (χ3n) is 4.53. The summed E-state index contributed by atoms with van der Waals surface area (Å²) in [6.45, 7) is 1.64. The van der Waals surface area contributed by atoms with Crippen LogP contribution in [-0.2, 0) is 27.7 Å². The molecule has 1 aliphatic rings. The van der Waals surface area contributed by atoms with Crippen LogP contribution in [0, 0.1) is 0 Å². The molecule has 0 aliphatic carbocycles. The van der Waals surface area contributed by atoms with Crippen LogP contribution in [0.2, 0.25) is 0 Å². The van der Waals surface area contributed by atoms with Gasteiger partial charge in [0.05, 0.1) is 17.5 Å². The van der Waals surface area contributed by atoms with E-state index in [-0.39, 0.29) is 24.4 Å². The van der Waals surface area contributed by atoms with Crippen LogP contribution in [0.1, 0.15) is 30.0 Å². The molecule has 1 aliphatic heterocycles. The summed E-state index contributed by atoms with van der Waals surface area (Å²) in [7, 11) is 0. The molecule has 0 bridgehead atoms. The number of likely N-dealkylation sites (tertiary alicyclic amines) is 1. The van der Waals surface area contributed by atoms with Crippen molar-refractivity contribution in [2.75, 3.05) is 0 Å². The summed E-state index contributed by atoms with van der Waals surface area (Å²) in [5.41, 5.74) is -1.12. The molecule has 2 aromatic carbocycles. The molecule has 1 saturated heterocycles. The van der Waals surface area contributed by atoms with Crippen LogP contribution in [0.25, 0.3) is 0 Å². The van der Waals surface area contributed by atoms with Crippen molar-refractivity contribution in [1.82, 2.24) is 4.90 Å². The van der Waals surface area contributed by atoms with E-state index in [2.05, 4.69) is 0 Å². The molecule has 0 unspecified atom stereocenters. The molecule has 130 valence electrons. The maximum atomic E-state index is 13.0. The minimum atomic E-state index is -4.50. The molecule has 0 aromatic heterocycles. The molecule has 0 N–H and O–H groups in total. The van der Waals surface area contributed by atoms with Gasteiger partial charge < -0.3 is 0 Å². The van der Waals surface area contributed by atoms with E-state index in [9.17, 15) is 22.8 Å². The first-order valence-corrected chi connectivity index (χ1v) is 7.78. The Morgan fingerprint density at radius 2 is 1.72 bits per heavy atom. The monoisotopic (exact) mass is 347 g/mol. The molecule has 1 heterocycles. The van der Waals surface area contributed by atoms with Gasteiger partial charge in [-0.1, -0.05) is 48.5 Å². The Hall–Kier alpha value is -2.63. The number of imide groups is 1. The highest BCUT2D eigenvalue weighted by atomic mass is 19.4. The molecule has 3 rings (SSSR count). The second kappa shape index (κ2) is 6.02. The number of hydrogen-bond acceptors (Lipinski definition) is 2. The fraction of sp³-hybridized carbons (Fsp3) is 0.263. The summed E-state index contributed by atoms with van der Waals surface area (Å²) in [4.78, 5) is 26.3. The van der Waals surface area contributed by atoms with Crippen LogP contribution in [0.4, 0.5) is 13.2 Å². The smallest absolute Gasteiger partial charge is 0.277 e. The average molecular weight is 347 g/mol. The molecule has 1 atom stereocenters. The van der Waals surface area contributed by atoms with Crippen molar-refractivity contribution < 1.29 is 22.8 Å². The van der Waals surface area contributed by atoms with Crippen molar-refractivity contribution in [1.29, 1.82) is 0 Å². The Morgan fingerprint density at radius 1 is 1.04 bits per heavy atom. The van der Waals surface area contributed by atoms with E-state index in [4.69, 9.17) is 0 Å². The largest absolute Gasteiger partial charge is 0.416 e. The number of halogens is 3. The molecule has 0 radical (unpaired) electrons. The van der Waals surface area contributed by atoms with Gasteiger partial charge in [-0.2, -0.15) is 13.2 Å². The lowest BCUT2D eigenvalue weighted by molar-refractivity contribution is -0.141. The van der Waals surface area contributed by atoms with Crippen molar-refractivity contribution in [3.63, 3.8) is 0 Å². The van der Waals surface area contributed by atoms with Gasteiger partial charge >= 0.3 is 6.18 Å². The predicted molar refractivity (Wildman–Crippen MR) is 85.4 cm³/mol. The van der Waals surface area contributed by atoms with Crippen LogP contribution in [-0.4, -0.2) is 16.7 Å². The number of nitrogens with zero attached hydrogens (tertiary/aromatic N) is 1. The van der Waals surface area contributed by atoms with Gasteiger partial charge in [0.15, 0.2) is 0 Å². The Labute approximate surface area is 143 Å². The molecule has 6 heteroatoms. The summed E-state index contributed by atoms with van der Waals surface area (Å²) in [5, 5.41) is 0. The van der Waals surface area contributed by atoms with Crippen LogP contribution in [0.5, 0.6) is 0 Å². The van der Waals surface area contributed by atoms with Gasteiger partial charge in [0.2, 0.25) is 11.8 Å². The Bertz CT molecular complexity index is 817. The second-order valence-electron chi connectivity index (χ2n) is 6.36. The molecular formula is C19H16F3NO2. The molecule has 3 nitrogen and oxygen atoms in total. The summed E-state index contributed by atoms with van der Waals surface area (Å²) in [6, 6.07) is 13.6. The van der Waals surface area contributed by atoms with Crippen LogP contribution >= 0.6 is 0 Å². The van der Waals surface area contributed by atoms with Gasteiger partial charge in [0.1, 0.15) is 0 Å². The maximum absolute atomic E-state index is 13.0. The van der Waals surface area contributed by atoms with E-state index in [0.717, 1.165) is 22.6 Å². The van der Waals surface area contributed by atoms with Crippen molar-refractivity contribution in [2.45, 2.75) is 31.5 Å². The molecule has 2 aromatic rings. The summed E-state index contributed by atoms with van der Waals surface area (Å²) < 4.78 is 38.9. The van der Waals surface area contributed by atoms with Gasteiger partial charge in [-0.15, -0.1) is 0 Å². The van der Waals surface area contributed by atoms with E-state index in [1.165, 1.54) is 19.1 Å². The lowest BCUT2D eigenvalue weighted by Crippen LogP contribution is -2.36. The number of amides is 2. The predicted octanol–water partition coefficient (Wildman–Crippen LogP) is 3.92. The summed E-state index contributed by atoms with van der Waals surface area (Å²) in [5.74, 6) is -0.852. The molecular weight excluding hydrogens is 331 g/mol.